The predicted octanol–water partition coefficient (Wildman–Crippen LogP) is 4.07. The number of aryl methyl sites for hydroxylation is 2. The molecule has 198 valence electrons. The topological polar surface area (TPSA) is 101 Å². The molecular weight excluding hydrogens is 500 g/mol. The minimum atomic E-state index is 0.0417. The number of hydrogen-bond acceptors (Lipinski definition) is 7. The summed E-state index contributed by atoms with van der Waals surface area (Å²) in [4.78, 5) is 45.0. The first-order valence-electron chi connectivity index (χ1n) is 13.7. The smallest absolute Gasteiger partial charge is 0.265 e. The molecule has 0 bridgehead atoms. The number of thiazole rings is 1. The summed E-state index contributed by atoms with van der Waals surface area (Å²) >= 11 is 1.34. The summed E-state index contributed by atoms with van der Waals surface area (Å²) in [5.74, 6) is 0.871. The predicted molar refractivity (Wildman–Crippen MR) is 147 cm³/mol. The van der Waals surface area contributed by atoms with Crippen LogP contribution >= 0.6 is 11.3 Å². The van der Waals surface area contributed by atoms with Gasteiger partial charge in [0.15, 0.2) is 10.9 Å². The molecule has 0 aromatic carbocycles. The third-order valence-corrected chi connectivity index (χ3v) is 8.84. The van der Waals surface area contributed by atoms with Crippen molar-refractivity contribution in [3.05, 3.63) is 29.2 Å². The second kappa shape index (κ2) is 9.07. The van der Waals surface area contributed by atoms with E-state index in [0.29, 0.717) is 40.9 Å². The Hall–Kier alpha value is -3.47. The number of carbonyl (C=O) groups excluding carboxylic acids is 2. The Morgan fingerprint density at radius 2 is 1.87 bits per heavy atom. The van der Waals surface area contributed by atoms with Crippen LogP contribution in [0, 0.1) is 0 Å². The monoisotopic (exact) mass is 532 g/mol. The van der Waals surface area contributed by atoms with Gasteiger partial charge in [-0.2, -0.15) is 0 Å². The molecule has 10 nitrogen and oxygen atoms in total. The summed E-state index contributed by atoms with van der Waals surface area (Å²) in [5.41, 5.74) is 3.51. The van der Waals surface area contributed by atoms with Gasteiger partial charge in [0.2, 0.25) is 5.91 Å². The molecule has 38 heavy (non-hydrogen) atoms. The molecule has 11 heteroatoms. The van der Waals surface area contributed by atoms with E-state index in [4.69, 9.17) is 4.98 Å². The Morgan fingerprint density at radius 1 is 1.13 bits per heavy atom. The molecule has 2 aliphatic carbocycles. The number of rotatable bonds is 8. The van der Waals surface area contributed by atoms with Gasteiger partial charge in [-0.3, -0.25) is 9.59 Å². The standard InChI is InChI=1S/C27H32N8O2S/c1-3-34-18(13-21(36)35(16-6-7-16)17-8-9-17)12-19-23-22(29-15-32(23)2)24(30-25(19)34)31-27-28-14-20(38-27)26(37)33-10-4-5-11-33/h12,14-17H,3-11,13H2,1-2H3,(H,28,30,31). The number of aromatic nitrogens is 5. The number of nitrogens with one attached hydrogen (secondary N) is 1. The molecular formula is C27H32N8O2S. The molecule has 0 unspecified atom stereocenters. The van der Waals surface area contributed by atoms with Crippen LogP contribution in [0.4, 0.5) is 10.9 Å². The summed E-state index contributed by atoms with van der Waals surface area (Å²) in [5, 5.41) is 4.95. The van der Waals surface area contributed by atoms with Crippen molar-refractivity contribution in [2.24, 2.45) is 7.05 Å². The van der Waals surface area contributed by atoms with Crippen LogP contribution in [0.3, 0.4) is 0 Å². The highest BCUT2D eigenvalue weighted by molar-refractivity contribution is 7.17. The number of imidazole rings is 1. The number of fused-ring (bicyclic) bond motifs is 3. The third kappa shape index (κ3) is 4.03. The zero-order valence-corrected chi connectivity index (χ0v) is 22.6. The number of pyridine rings is 1. The van der Waals surface area contributed by atoms with Crippen molar-refractivity contribution < 1.29 is 9.59 Å². The van der Waals surface area contributed by atoms with E-state index in [1.54, 1.807) is 12.5 Å². The molecule has 3 aliphatic rings. The van der Waals surface area contributed by atoms with E-state index in [1.165, 1.54) is 11.3 Å². The second-order valence-corrected chi connectivity index (χ2v) is 11.8. The van der Waals surface area contributed by atoms with E-state index in [0.717, 1.165) is 79.4 Å². The number of hydrogen-bond donors (Lipinski definition) is 1. The molecule has 0 atom stereocenters. The van der Waals surface area contributed by atoms with E-state index >= 15 is 0 Å². The van der Waals surface area contributed by atoms with Gasteiger partial charge < -0.3 is 24.3 Å². The Balaban J connectivity index is 1.23. The summed E-state index contributed by atoms with van der Waals surface area (Å²) in [7, 11) is 1.98. The lowest BCUT2D eigenvalue weighted by molar-refractivity contribution is -0.131. The minimum absolute atomic E-state index is 0.0417. The van der Waals surface area contributed by atoms with E-state index < -0.39 is 0 Å². The largest absolute Gasteiger partial charge is 0.338 e. The van der Waals surface area contributed by atoms with E-state index in [1.807, 2.05) is 16.5 Å². The maximum absolute atomic E-state index is 13.4. The molecule has 4 aromatic heterocycles. The Morgan fingerprint density at radius 3 is 2.55 bits per heavy atom. The number of likely N-dealkylation sites (tertiary alicyclic amines) is 1. The fraction of sp³-hybridized carbons (Fsp3) is 0.519. The highest BCUT2D eigenvalue weighted by Crippen LogP contribution is 2.38. The van der Waals surface area contributed by atoms with Gasteiger partial charge in [0, 0.05) is 49.8 Å². The normalized spacial score (nSPS) is 17.6. The molecule has 7 rings (SSSR count). The fourth-order valence-electron chi connectivity index (χ4n) is 5.82. The van der Waals surface area contributed by atoms with Crippen molar-refractivity contribution in [1.29, 1.82) is 0 Å². The van der Waals surface area contributed by atoms with Gasteiger partial charge >= 0.3 is 0 Å². The molecule has 5 heterocycles. The van der Waals surface area contributed by atoms with Crippen molar-refractivity contribution in [2.75, 3.05) is 18.4 Å². The van der Waals surface area contributed by atoms with Gasteiger partial charge in [-0.05, 0) is 51.5 Å². The van der Waals surface area contributed by atoms with Crippen LogP contribution in [0.2, 0.25) is 0 Å². The molecule has 0 radical (unpaired) electrons. The van der Waals surface area contributed by atoms with E-state index in [2.05, 4.69) is 37.7 Å². The van der Waals surface area contributed by atoms with Gasteiger partial charge in [0.25, 0.3) is 5.91 Å². The number of nitrogens with zero attached hydrogens (tertiary/aromatic N) is 7. The molecule has 2 amide bonds. The lowest BCUT2D eigenvalue weighted by Crippen LogP contribution is -2.36. The SMILES string of the molecule is CCn1c(CC(=O)N(C2CC2)C2CC2)cc2c3c(ncn3C)c(Nc3ncc(C(=O)N4CCCC4)s3)nc21. The lowest BCUT2D eigenvalue weighted by Gasteiger charge is -2.22. The average Bonchev–Trinajstić information content (AvgIpc) is 3.69. The van der Waals surface area contributed by atoms with Crippen LogP contribution in [-0.2, 0) is 24.8 Å². The van der Waals surface area contributed by atoms with Crippen LogP contribution in [0.25, 0.3) is 22.1 Å². The van der Waals surface area contributed by atoms with Gasteiger partial charge in [0.1, 0.15) is 16.0 Å². The van der Waals surface area contributed by atoms with Gasteiger partial charge in [0.05, 0.1) is 24.5 Å². The van der Waals surface area contributed by atoms with Crippen LogP contribution in [0.15, 0.2) is 18.6 Å². The number of amides is 2. The third-order valence-electron chi connectivity index (χ3n) is 7.94. The highest BCUT2D eigenvalue weighted by Gasteiger charge is 2.42. The van der Waals surface area contributed by atoms with Crippen molar-refractivity contribution in [3.63, 3.8) is 0 Å². The van der Waals surface area contributed by atoms with E-state index in [-0.39, 0.29) is 11.8 Å². The molecule has 0 spiro atoms. The van der Waals surface area contributed by atoms with Crippen LogP contribution in [-0.4, -0.2) is 70.9 Å². The fourth-order valence-corrected chi connectivity index (χ4v) is 6.60. The van der Waals surface area contributed by atoms with Gasteiger partial charge in [-0.15, -0.1) is 0 Å². The minimum Gasteiger partial charge on any atom is -0.338 e. The van der Waals surface area contributed by atoms with Crippen molar-refractivity contribution in [1.82, 2.24) is 33.9 Å². The first kappa shape index (κ1) is 23.6. The zero-order valence-electron chi connectivity index (χ0n) is 21.8. The summed E-state index contributed by atoms with van der Waals surface area (Å²) < 4.78 is 4.15. The number of anilines is 2. The van der Waals surface area contributed by atoms with Crippen LogP contribution < -0.4 is 5.32 Å². The average molecular weight is 533 g/mol. The Bertz CT molecular complexity index is 1540. The van der Waals surface area contributed by atoms with Crippen molar-refractivity contribution >= 4 is 56.2 Å². The highest BCUT2D eigenvalue weighted by atomic mass is 32.1. The van der Waals surface area contributed by atoms with Crippen molar-refractivity contribution in [2.45, 2.75) is 70.5 Å². The molecule has 2 saturated carbocycles. The summed E-state index contributed by atoms with van der Waals surface area (Å²) in [6.45, 7) is 4.42. The summed E-state index contributed by atoms with van der Waals surface area (Å²) in [6.07, 6.45) is 10.5. The first-order valence-corrected chi connectivity index (χ1v) is 14.5. The Kier molecular flexibility index (Phi) is 5.64. The van der Waals surface area contributed by atoms with Gasteiger partial charge in [-0.25, -0.2) is 15.0 Å². The maximum atomic E-state index is 13.4. The van der Waals surface area contributed by atoms with Crippen LogP contribution in [0.1, 0.15) is 60.8 Å². The quantitative estimate of drug-likeness (QED) is 0.367. The molecule has 1 saturated heterocycles. The molecule has 3 fully saturated rings. The molecule has 1 aliphatic heterocycles. The van der Waals surface area contributed by atoms with Crippen LogP contribution in [0.5, 0.6) is 0 Å². The Labute approximate surface area is 224 Å². The summed E-state index contributed by atoms with van der Waals surface area (Å²) in [6, 6.07) is 2.99. The molecule has 1 N–H and O–H groups in total. The number of carbonyl (C=O) groups is 2. The molecule has 4 aromatic rings. The zero-order chi connectivity index (χ0) is 26.0. The first-order chi connectivity index (χ1) is 18.5. The van der Waals surface area contributed by atoms with E-state index in [9.17, 15) is 9.59 Å². The lowest BCUT2D eigenvalue weighted by atomic mass is 10.2. The van der Waals surface area contributed by atoms with Crippen molar-refractivity contribution in [3.8, 4) is 0 Å². The second-order valence-electron chi connectivity index (χ2n) is 10.7. The van der Waals surface area contributed by atoms with Gasteiger partial charge in [-0.1, -0.05) is 11.3 Å². The maximum Gasteiger partial charge on any atom is 0.265 e.